The van der Waals surface area contributed by atoms with E-state index in [4.69, 9.17) is 17.3 Å². The number of carbonyl (C=O) groups is 1. The minimum Gasteiger partial charge on any atom is -0.506 e. The minimum absolute atomic E-state index is 0.00366. The van der Waals surface area contributed by atoms with E-state index in [2.05, 4.69) is 5.32 Å². The fourth-order valence-electron chi connectivity index (χ4n) is 2.19. The Balaban J connectivity index is 2.28. The number of hydrogen-bond donors (Lipinski definition) is 3. The number of rotatable bonds is 3. The van der Waals surface area contributed by atoms with Crippen LogP contribution in [-0.2, 0) is 4.79 Å². The van der Waals surface area contributed by atoms with Crippen LogP contribution in [0.15, 0.2) is 18.2 Å². The molecule has 0 aromatic heterocycles. The average Bonchev–Trinajstić information content (AvgIpc) is 2.35. The zero-order valence-corrected chi connectivity index (χ0v) is 10.7. The molecule has 1 unspecified atom stereocenters. The lowest BCUT2D eigenvalue weighted by atomic mass is 10.0. The molecule has 98 valence electrons. The molecule has 0 bridgehead atoms. The Morgan fingerprint density at radius 3 is 2.67 bits per heavy atom. The van der Waals surface area contributed by atoms with Gasteiger partial charge in [-0.1, -0.05) is 17.7 Å². The van der Waals surface area contributed by atoms with Gasteiger partial charge in [0.2, 0.25) is 5.91 Å². The Labute approximate surface area is 111 Å². The van der Waals surface area contributed by atoms with Crippen LogP contribution in [0.3, 0.4) is 0 Å². The highest BCUT2D eigenvalue weighted by atomic mass is 35.5. The number of halogens is 1. The molecule has 1 atom stereocenters. The molecule has 1 aliphatic rings. The number of carbonyl (C=O) groups excluding carboxylic acids is 1. The van der Waals surface area contributed by atoms with Crippen LogP contribution >= 0.6 is 11.6 Å². The molecule has 1 aliphatic heterocycles. The molecule has 0 aliphatic carbocycles. The van der Waals surface area contributed by atoms with Crippen molar-refractivity contribution in [2.75, 3.05) is 26.2 Å². The maximum absolute atomic E-state index is 11.6. The van der Waals surface area contributed by atoms with Crippen molar-refractivity contribution in [3.63, 3.8) is 0 Å². The highest BCUT2D eigenvalue weighted by molar-refractivity contribution is 6.32. The summed E-state index contributed by atoms with van der Waals surface area (Å²) in [7, 11) is 0. The number of primary amides is 1. The summed E-state index contributed by atoms with van der Waals surface area (Å²) in [6.45, 7) is 3.17. The van der Waals surface area contributed by atoms with Gasteiger partial charge < -0.3 is 16.2 Å². The summed E-state index contributed by atoms with van der Waals surface area (Å²) in [5.41, 5.74) is 6.20. The van der Waals surface area contributed by atoms with E-state index >= 15 is 0 Å². The van der Waals surface area contributed by atoms with Gasteiger partial charge in [-0.25, -0.2) is 0 Å². The maximum Gasteiger partial charge on any atom is 0.239 e. The SMILES string of the molecule is NC(=O)C(c1ccc(O)c(Cl)c1)N1CCNCC1. The van der Waals surface area contributed by atoms with E-state index in [1.165, 1.54) is 6.07 Å². The Morgan fingerprint density at radius 1 is 1.44 bits per heavy atom. The van der Waals surface area contributed by atoms with Crippen molar-refractivity contribution < 1.29 is 9.90 Å². The molecule has 1 fully saturated rings. The number of nitrogens with two attached hydrogens (primary N) is 1. The summed E-state index contributed by atoms with van der Waals surface area (Å²) in [5, 5.41) is 12.9. The van der Waals surface area contributed by atoms with Crippen molar-refractivity contribution in [2.24, 2.45) is 5.73 Å². The first-order chi connectivity index (χ1) is 8.59. The van der Waals surface area contributed by atoms with Gasteiger partial charge in [0.05, 0.1) is 5.02 Å². The summed E-state index contributed by atoms with van der Waals surface area (Å²) in [6.07, 6.45) is 0. The van der Waals surface area contributed by atoms with Crippen molar-refractivity contribution in [3.8, 4) is 5.75 Å². The van der Waals surface area contributed by atoms with E-state index < -0.39 is 11.9 Å². The van der Waals surface area contributed by atoms with Crippen LogP contribution in [0.2, 0.25) is 5.02 Å². The number of amides is 1. The lowest BCUT2D eigenvalue weighted by molar-refractivity contribution is -0.123. The molecule has 1 aromatic rings. The van der Waals surface area contributed by atoms with Gasteiger partial charge in [0.1, 0.15) is 11.8 Å². The molecule has 5 nitrogen and oxygen atoms in total. The molecule has 1 aromatic carbocycles. The van der Waals surface area contributed by atoms with Gasteiger partial charge in [-0.15, -0.1) is 0 Å². The highest BCUT2D eigenvalue weighted by Gasteiger charge is 2.27. The third-order valence-electron chi connectivity index (χ3n) is 3.07. The monoisotopic (exact) mass is 269 g/mol. The molecule has 4 N–H and O–H groups in total. The van der Waals surface area contributed by atoms with Gasteiger partial charge in [0.25, 0.3) is 0 Å². The van der Waals surface area contributed by atoms with E-state index in [0.29, 0.717) is 5.56 Å². The van der Waals surface area contributed by atoms with Crippen molar-refractivity contribution in [2.45, 2.75) is 6.04 Å². The van der Waals surface area contributed by atoms with E-state index in [9.17, 15) is 9.90 Å². The number of aromatic hydroxyl groups is 1. The van der Waals surface area contributed by atoms with Crippen molar-refractivity contribution in [1.82, 2.24) is 10.2 Å². The Morgan fingerprint density at radius 2 is 2.11 bits per heavy atom. The molecule has 18 heavy (non-hydrogen) atoms. The van der Waals surface area contributed by atoms with Crippen LogP contribution in [0, 0.1) is 0 Å². The molecule has 1 amide bonds. The Hall–Kier alpha value is -1.30. The van der Waals surface area contributed by atoms with E-state index in [-0.39, 0.29) is 10.8 Å². The van der Waals surface area contributed by atoms with E-state index in [0.717, 1.165) is 26.2 Å². The summed E-state index contributed by atoms with van der Waals surface area (Å²) in [6, 6.07) is 4.26. The predicted molar refractivity (Wildman–Crippen MR) is 69.5 cm³/mol. The average molecular weight is 270 g/mol. The number of piperazine rings is 1. The zero-order chi connectivity index (χ0) is 13.1. The van der Waals surface area contributed by atoms with Gasteiger partial charge in [-0.3, -0.25) is 9.69 Å². The first-order valence-electron chi connectivity index (χ1n) is 5.82. The van der Waals surface area contributed by atoms with E-state index in [1.807, 2.05) is 4.90 Å². The first-order valence-corrected chi connectivity index (χ1v) is 6.20. The van der Waals surface area contributed by atoms with Crippen molar-refractivity contribution in [3.05, 3.63) is 28.8 Å². The molecule has 1 saturated heterocycles. The normalized spacial score (nSPS) is 18.5. The van der Waals surface area contributed by atoms with Crippen molar-refractivity contribution in [1.29, 1.82) is 0 Å². The Kier molecular flexibility index (Phi) is 4.06. The summed E-state index contributed by atoms with van der Waals surface area (Å²) in [5.74, 6) is -0.400. The van der Waals surface area contributed by atoms with Crippen LogP contribution in [-0.4, -0.2) is 42.1 Å². The molecule has 0 saturated carbocycles. The molecule has 0 radical (unpaired) electrons. The largest absolute Gasteiger partial charge is 0.506 e. The van der Waals surface area contributed by atoms with Gasteiger partial charge in [0.15, 0.2) is 0 Å². The minimum atomic E-state index is -0.495. The fourth-order valence-corrected chi connectivity index (χ4v) is 2.38. The van der Waals surface area contributed by atoms with E-state index in [1.54, 1.807) is 12.1 Å². The lowest BCUT2D eigenvalue weighted by Gasteiger charge is -2.33. The number of nitrogens with one attached hydrogen (secondary N) is 1. The lowest BCUT2D eigenvalue weighted by Crippen LogP contribution is -2.48. The third kappa shape index (κ3) is 2.75. The number of hydrogen-bond acceptors (Lipinski definition) is 4. The fraction of sp³-hybridized carbons (Fsp3) is 0.417. The van der Waals surface area contributed by atoms with Crippen LogP contribution < -0.4 is 11.1 Å². The summed E-state index contributed by atoms with van der Waals surface area (Å²) >= 11 is 5.87. The molecule has 1 heterocycles. The second kappa shape index (κ2) is 5.56. The van der Waals surface area contributed by atoms with Crippen LogP contribution in [0.25, 0.3) is 0 Å². The smallest absolute Gasteiger partial charge is 0.239 e. The molecular weight excluding hydrogens is 254 g/mol. The number of phenolic OH excluding ortho intramolecular Hbond substituents is 1. The predicted octanol–water partition coefficient (Wildman–Crippen LogP) is 0.477. The topological polar surface area (TPSA) is 78.6 Å². The molecule has 0 spiro atoms. The zero-order valence-electron chi connectivity index (χ0n) is 9.90. The van der Waals surface area contributed by atoms with Crippen LogP contribution in [0.1, 0.15) is 11.6 Å². The molecule has 6 heteroatoms. The summed E-state index contributed by atoms with van der Waals surface area (Å²) in [4.78, 5) is 13.7. The van der Waals surface area contributed by atoms with Gasteiger partial charge in [0, 0.05) is 26.2 Å². The van der Waals surface area contributed by atoms with Gasteiger partial charge in [-0.2, -0.15) is 0 Å². The number of benzene rings is 1. The van der Waals surface area contributed by atoms with Crippen molar-refractivity contribution >= 4 is 17.5 Å². The highest BCUT2D eigenvalue weighted by Crippen LogP contribution is 2.29. The second-order valence-corrected chi connectivity index (χ2v) is 4.71. The third-order valence-corrected chi connectivity index (χ3v) is 3.38. The maximum atomic E-state index is 11.6. The number of nitrogens with zero attached hydrogens (tertiary/aromatic N) is 1. The quantitative estimate of drug-likeness (QED) is 0.746. The summed E-state index contributed by atoms with van der Waals surface area (Å²) < 4.78 is 0. The first kappa shape index (κ1) is 13.1. The van der Waals surface area contributed by atoms with Gasteiger partial charge >= 0.3 is 0 Å². The Bertz CT molecular complexity index is 447. The number of phenols is 1. The van der Waals surface area contributed by atoms with Gasteiger partial charge in [-0.05, 0) is 17.7 Å². The molecule has 2 rings (SSSR count). The van der Waals surface area contributed by atoms with Crippen LogP contribution in [0.4, 0.5) is 0 Å². The van der Waals surface area contributed by atoms with Crippen LogP contribution in [0.5, 0.6) is 5.75 Å². The standard InChI is InChI=1S/C12H16ClN3O2/c13-9-7-8(1-2-10(9)17)11(12(14)18)16-5-3-15-4-6-16/h1-2,7,11,15,17H,3-6H2,(H2,14,18). The second-order valence-electron chi connectivity index (χ2n) is 4.30. The molecular formula is C12H16ClN3O2.